The van der Waals surface area contributed by atoms with Crippen molar-refractivity contribution >= 4 is 42.4 Å². The number of aliphatic imine (C=N–C) groups is 2. The number of ether oxygens (including phenoxy) is 2. The van der Waals surface area contributed by atoms with E-state index in [1.807, 2.05) is 135 Å². The standard InChI is InChI=1S/2C27H29NO2.2ClH.Ti/c2*1-4-5-9-16-30-25-14-12-24(13-15-25)28-19-23-17-20(2)18-26(27(23)29)21(3)22-10-7-6-8-11-22;;;/h2*4,6-8,10-15,17-19,21,29H,1,5,9,16H2,2-3H3;2*1H;/q;;;;+2/p-2. The topological polar surface area (TPSA) is 83.6 Å². The Morgan fingerprint density at radius 3 is 1.25 bits per heavy atom. The van der Waals surface area contributed by atoms with E-state index in [9.17, 15) is 10.2 Å². The second-order valence-electron chi connectivity index (χ2n) is 15.0. The normalized spacial score (nSPS) is 11.7. The Bertz CT molecular complexity index is 2190. The Balaban J connectivity index is 0.000000260. The van der Waals surface area contributed by atoms with E-state index in [1.54, 1.807) is 12.4 Å². The van der Waals surface area contributed by atoms with Crippen LogP contribution >= 0.6 is 18.6 Å². The molecule has 0 aliphatic rings. The quantitative estimate of drug-likeness (QED) is 0.0389. The number of rotatable bonds is 18. The number of aromatic hydroxyl groups is 2. The molecule has 0 aliphatic heterocycles. The molecule has 6 nitrogen and oxygen atoms in total. The molecule has 0 spiro atoms. The van der Waals surface area contributed by atoms with Crippen LogP contribution in [0.4, 0.5) is 11.4 Å². The fourth-order valence-electron chi connectivity index (χ4n) is 6.75. The zero-order valence-corrected chi connectivity index (χ0v) is 39.8. The van der Waals surface area contributed by atoms with Crippen LogP contribution in [0.3, 0.4) is 0 Å². The Kier molecular flexibility index (Phi) is 22.1. The van der Waals surface area contributed by atoms with Crippen molar-refractivity contribution in [2.75, 3.05) is 13.2 Å². The number of halogens is 2. The third-order valence-electron chi connectivity index (χ3n) is 10.2. The average Bonchev–Trinajstić information content (AvgIpc) is 3.31. The number of hydrogen-bond donors (Lipinski definition) is 2. The maximum atomic E-state index is 10.9. The van der Waals surface area contributed by atoms with Crippen LogP contribution in [0.2, 0.25) is 0 Å². The molecule has 2 atom stereocenters. The van der Waals surface area contributed by atoms with E-state index in [2.05, 4.69) is 61.3 Å². The van der Waals surface area contributed by atoms with Gasteiger partial charge in [-0.3, -0.25) is 9.98 Å². The van der Waals surface area contributed by atoms with Gasteiger partial charge in [0.25, 0.3) is 0 Å². The van der Waals surface area contributed by atoms with Crippen molar-refractivity contribution in [1.82, 2.24) is 0 Å². The summed E-state index contributed by atoms with van der Waals surface area (Å²) in [6, 6.07) is 43.8. The van der Waals surface area contributed by atoms with Crippen LogP contribution < -0.4 is 9.47 Å². The van der Waals surface area contributed by atoms with Gasteiger partial charge in [-0.1, -0.05) is 98.8 Å². The van der Waals surface area contributed by atoms with E-state index < -0.39 is 17.0 Å². The van der Waals surface area contributed by atoms with Gasteiger partial charge in [-0.25, -0.2) is 0 Å². The molecule has 6 aromatic rings. The van der Waals surface area contributed by atoms with E-state index in [4.69, 9.17) is 28.1 Å². The molecule has 0 heterocycles. The summed E-state index contributed by atoms with van der Waals surface area (Å²) in [6.45, 7) is 17.1. The maximum absolute atomic E-state index is 10.9. The van der Waals surface area contributed by atoms with Gasteiger partial charge in [0, 0.05) is 46.5 Å². The summed E-state index contributed by atoms with van der Waals surface area (Å²) >= 11 is -0.556. The van der Waals surface area contributed by atoms with Crippen molar-refractivity contribution in [3.05, 3.63) is 203 Å². The van der Waals surface area contributed by atoms with E-state index in [-0.39, 0.29) is 23.3 Å². The molecule has 326 valence electrons. The van der Waals surface area contributed by atoms with E-state index in [0.717, 1.165) is 81.9 Å². The van der Waals surface area contributed by atoms with Gasteiger partial charge in [0.05, 0.1) is 24.6 Å². The van der Waals surface area contributed by atoms with Crippen LogP contribution in [0.25, 0.3) is 0 Å². The molecular weight excluding hydrogens is 859 g/mol. The van der Waals surface area contributed by atoms with Crippen molar-refractivity contribution < 1.29 is 36.7 Å². The van der Waals surface area contributed by atoms with Crippen LogP contribution in [0.5, 0.6) is 23.0 Å². The Hall–Kier alpha value is -5.37. The minimum absolute atomic E-state index is 0.0933. The Morgan fingerprint density at radius 2 is 0.921 bits per heavy atom. The first-order chi connectivity index (χ1) is 30.6. The number of phenols is 2. The van der Waals surface area contributed by atoms with Crippen molar-refractivity contribution in [3.63, 3.8) is 0 Å². The van der Waals surface area contributed by atoms with Crippen LogP contribution in [0.15, 0.2) is 169 Å². The Labute approximate surface area is 391 Å². The minimum atomic E-state index is -0.556. The summed E-state index contributed by atoms with van der Waals surface area (Å²) in [5.74, 6) is 2.41. The molecular formula is C54H58Cl2N2O4Ti. The molecule has 0 bridgehead atoms. The van der Waals surface area contributed by atoms with Crippen molar-refractivity contribution in [3.8, 4) is 23.0 Å². The number of unbranched alkanes of at least 4 members (excludes halogenated alkanes) is 2. The fourth-order valence-corrected chi connectivity index (χ4v) is 6.75. The third-order valence-corrected chi connectivity index (χ3v) is 10.2. The molecule has 0 aromatic heterocycles. The SMILES string of the molecule is C=CCCCOc1ccc(N=Cc2cc(C)cc(C(C)c3ccccc3)c2O)cc1.C=CCCCOc1ccc(N=Cc2cc(C)cc(C(C)c3ccccc3)c2O)cc1.[Cl][Ti][Cl]. The zero-order chi connectivity index (χ0) is 45.4. The molecule has 0 fully saturated rings. The molecule has 6 rings (SSSR count). The van der Waals surface area contributed by atoms with Gasteiger partial charge >= 0.3 is 35.6 Å². The summed E-state index contributed by atoms with van der Waals surface area (Å²) in [6.07, 6.45) is 11.1. The molecule has 63 heavy (non-hydrogen) atoms. The molecule has 0 aliphatic carbocycles. The number of phenolic OH excluding ortho intramolecular Hbond substituents is 2. The first kappa shape index (κ1) is 50.3. The van der Waals surface area contributed by atoms with Crippen LogP contribution in [-0.4, -0.2) is 35.9 Å². The van der Waals surface area contributed by atoms with Crippen molar-refractivity contribution in [2.45, 2.75) is 65.2 Å². The molecule has 0 saturated carbocycles. The number of aryl methyl sites for hydroxylation is 2. The Morgan fingerprint density at radius 1 is 0.571 bits per heavy atom. The molecule has 6 aromatic carbocycles. The predicted molar refractivity (Wildman–Crippen MR) is 263 cm³/mol. The van der Waals surface area contributed by atoms with Gasteiger partial charge in [-0.15, -0.1) is 13.2 Å². The van der Waals surface area contributed by atoms with Gasteiger partial charge in [0.2, 0.25) is 0 Å². The average molecular weight is 918 g/mol. The van der Waals surface area contributed by atoms with Crippen molar-refractivity contribution in [2.24, 2.45) is 9.98 Å². The summed E-state index contributed by atoms with van der Waals surface area (Å²) in [4.78, 5) is 9.10. The van der Waals surface area contributed by atoms with Crippen molar-refractivity contribution in [1.29, 1.82) is 0 Å². The first-order valence-electron chi connectivity index (χ1n) is 21.1. The molecule has 9 heteroatoms. The van der Waals surface area contributed by atoms with Gasteiger partial charge in [-0.2, -0.15) is 0 Å². The first-order valence-corrected chi connectivity index (χ1v) is 25.4. The monoisotopic (exact) mass is 916 g/mol. The summed E-state index contributed by atoms with van der Waals surface area (Å²) < 4.78 is 11.4. The number of nitrogens with zero attached hydrogens (tertiary/aromatic N) is 2. The molecule has 0 saturated heterocycles. The third kappa shape index (κ3) is 16.7. The molecule has 2 N–H and O–H groups in total. The second-order valence-corrected chi connectivity index (χ2v) is 17.6. The van der Waals surface area contributed by atoms with Gasteiger partial charge in [-0.05, 0) is 122 Å². The van der Waals surface area contributed by atoms with Crippen LogP contribution in [0, 0.1) is 13.8 Å². The van der Waals surface area contributed by atoms with Gasteiger partial charge in [0.15, 0.2) is 0 Å². The van der Waals surface area contributed by atoms with Crippen LogP contribution in [0.1, 0.15) is 95.9 Å². The van der Waals surface area contributed by atoms with Crippen LogP contribution in [-0.2, 0) is 17.0 Å². The van der Waals surface area contributed by atoms with Gasteiger partial charge < -0.3 is 19.7 Å². The summed E-state index contributed by atoms with van der Waals surface area (Å²) in [7, 11) is 9.78. The number of hydrogen-bond acceptors (Lipinski definition) is 6. The van der Waals surface area contributed by atoms with E-state index in [0.29, 0.717) is 13.2 Å². The number of allylic oxidation sites excluding steroid dienone is 2. The molecule has 0 amide bonds. The van der Waals surface area contributed by atoms with E-state index in [1.165, 1.54) is 11.1 Å². The zero-order valence-electron chi connectivity index (χ0n) is 36.7. The number of benzene rings is 6. The summed E-state index contributed by atoms with van der Waals surface area (Å²) in [5, 5.41) is 21.8. The molecule has 2 unspecified atom stereocenters. The predicted octanol–water partition coefficient (Wildman–Crippen LogP) is 15.3. The molecule has 0 radical (unpaired) electrons. The van der Waals surface area contributed by atoms with Gasteiger partial charge in [0.1, 0.15) is 23.0 Å². The summed E-state index contributed by atoms with van der Waals surface area (Å²) in [5.41, 5.74) is 9.41. The van der Waals surface area contributed by atoms with E-state index >= 15 is 0 Å². The second kappa shape index (κ2) is 27.6. The fraction of sp³-hybridized carbons (Fsp3) is 0.222.